The summed E-state index contributed by atoms with van der Waals surface area (Å²) < 4.78 is 28.0. The zero-order valence-corrected chi connectivity index (χ0v) is 15.6. The summed E-state index contributed by atoms with van der Waals surface area (Å²) in [7, 11) is -3.42. The van der Waals surface area contributed by atoms with Gasteiger partial charge in [-0.3, -0.25) is 9.59 Å². The number of nitrogens with one attached hydrogen (secondary N) is 2. The van der Waals surface area contributed by atoms with Crippen LogP contribution in [0.5, 0.6) is 0 Å². The predicted molar refractivity (Wildman–Crippen MR) is 103 cm³/mol. The van der Waals surface area contributed by atoms with Gasteiger partial charge in [0.2, 0.25) is 0 Å². The van der Waals surface area contributed by atoms with Crippen molar-refractivity contribution in [2.45, 2.75) is 4.90 Å². The molecule has 0 saturated carbocycles. The van der Waals surface area contributed by atoms with Gasteiger partial charge in [0.25, 0.3) is 11.5 Å². The highest BCUT2D eigenvalue weighted by molar-refractivity contribution is 7.90. The predicted octanol–water partition coefficient (Wildman–Crippen LogP) is 1.73. The molecule has 0 unspecified atom stereocenters. The number of carbonyl (C=O) groups excluding carboxylic acids is 2. The summed E-state index contributed by atoms with van der Waals surface area (Å²) in [5.41, 5.74) is -0.259. The number of esters is 1. The number of ether oxygens (including phenoxy) is 1. The maximum Gasteiger partial charge on any atom is 0.355 e. The number of H-pyrrole nitrogens is 1. The van der Waals surface area contributed by atoms with Crippen molar-refractivity contribution in [1.82, 2.24) is 4.98 Å². The largest absolute Gasteiger partial charge is 0.451 e. The molecule has 1 amide bonds. The second-order valence-corrected chi connectivity index (χ2v) is 8.04. The van der Waals surface area contributed by atoms with E-state index in [1.807, 2.05) is 0 Å². The third kappa shape index (κ3) is 4.44. The molecule has 0 radical (unpaired) electrons. The minimum Gasteiger partial charge on any atom is -0.451 e. The van der Waals surface area contributed by atoms with Crippen LogP contribution in [-0.2, 0) is 19.4 Å². The lowest BCUT2D eigenvalue weighted by molar-refractivity contribution is -0.119. The number of hydrogen-bond acceptors (Lipinski definition) is 6. The summed E-state index contributed by atoms with van der Waals surface area (Å²) in [6.45, 7) is -0.600. The Kier molecular flexibility index (Phi) is 5.27. The first-order valence-corrected chi connectivity index (χ1v) is 10.0. The van der Waals surface area contributed by atoms with Crippen molar-refractivity contribution in [2.75, 3.05) is 18.2 Å². The van der Waals surface area contributed by atoms with Crippen molar-refractivity contribution in [2.24, 2.45) is 0 Å². The molecule has 2 aromatic carbocycles. The van der Waals surface area contributed by atoms with Crippen LogP contribution in [0.2, 0.25) is 0 Å². The van der Waals surface area contributed by atoms with E-state index in [9.17, 15) is 22.8 Å². The van der Waals surface area contributed by atoms with E-state index in [4.69, 9.17) is 4.74 Å². The highest BCUT2D eigenvalue weighted by Gasteiger charge is 2.14. The number of aromatic amines is 1. The number of amides is 1. The lowest BCUT2D eigenvalue weighted by Gasteiger charge is -2.08. The third-order valence-electron chi connectivity index (χ3n) is 3.85. The molecule has 9 heteroatoms. The SMILES string of the molecule is CS(=O)(=O)c1cccc(NC(=O)COC(=O)c2cc3ccccc3c(=O)[nH]2)c1. The van der Waals surface area contributed by atoms with Crippen LogP contribution in [0.3, 0.4) is 0 Å². The maximum atomic E-state index is 12.1. The Morgan fingerprint density at radius 2 is 1.82 bits per heavy atom. The van der Waals surface area contributed by atoms with Gasteiger partial charge in [-0.25, -0.2) is 13.2 Å². The lowest BCUT2D eigenvalue weighted by atomic mass is 10.1. The fraction of sp³-hybridized carbons (Fsp3) is 0.105. The molecular weight excluding hydrogens is 384 g/mol. The zero-order chi connectivity index (χ0) is 20.3. The van der Waals surface area contributed by atoms with Gasteiger partial charge in [-0.1, -0.05) is 24.3 Å². The zero-order valence-electron chi connectivity index (χ0n) is 14.8. The van der Waals surface area contributed by atoms with E-state index in [0.29, 0.717) is 10.8 Å². The van der Waals surface area contributed by atoms with Gasteiger partial charge in [-0.15, -0.1) is 0 Å². The molecule has 0 bridgehead atoms. The topological polar surface area (TPSA) is 122 Å². The molecule has 3 rings (SSSR count). The molecule has 0 aliphatic rings. The Labute approximate surface area is 160 Å². The van der Waals surface area contributed by atoms with Gasteiger partial charge in [0.15, 0.2) is 16.4 Å². The molecule has 144 valence electrons. The molecule has 1 aromatic heterocycles. The van der Waals surface area contributed by atoms with E-state index >= 15 is 0 Å². The first-order chi connectivity index (χ1) is 13.2. The molecule has 3 aromatic rings. The molecule has 0 fully saturated rings. The van der Waals surface area contributed by atoms with E-state index in [1.165, 1.54) is 30.3 Å². The van der Waals surface area contributed by atoms with Crippen molar-refractivity contribution in [3.8, 4) is 0 Å². The van der Waals surface area contributed by atoms with Crippen LogP contribution in [0.25, 0.3) is 10.8 Å². The van der Waals surface area contributed by atoms with Crippen LogP contribution >= 0.6 is 0 Å². The quantitative estimate of drug-likeness (QED) is 0.629. The van der Waals surface area contributed by atoms with E-state index in [2.05, 4.69) is 10.3 Å². The van der Waals surface area contributed by atoms with Crippen LogP contribution in [-0.4, -0.2) is 38.1 Å². The number of pyridine rings is 1. The monoisotopic (exact) mass is 400 g/mol. The number of rotatable bonds is 5. The molecular formula is C19H16N2O6S. The van der Waals surface area contributed by atoms with Gasteiger partial charge in [0.05, 0.1) is 4.90 Å². The Bertz CT molecular complexity index is 1230. The van der Waals surface area contributed by atoms with Gasteiger partial charge >= 0.3 is 5.97 Å². The Balaban J connectivity index is 1.66. The third-order valence-corrected chi connectivity index (χ3v) is 4.96. The van der Waals surface area contributed by atoms with Crippen LogP contribution < -0.4 is 10.9 Å². The van der Waals surface area contributed by atoms with Crippen molar-refractivity contribution in [3.05, 3.63) is 70.6 Å². The normalized spacial score (nSPS) is 11.2. The van der Waals surface area contributed by atoms with Crippen LogP contribution in [0.1, 0.15) is 10.5 Å². The average molecular weight is 400 g/mol. The van der Waals surface area contributed by atoms with E-state index < -0.39 is 33.9 Å². The van der Waals surface area contributed by atoms with Crippen LogP contribution in [0.15, 0.2) is 64.3 Å². The smallest absolute Gasteiger partial charge is 0.355 e. The standard InChI is InChI=1S/C19H16N2O6S/c1-28(25,26)14-7-4-6-13(10-14)20-17(22)11-27-19(24)16-9-12-5-2-3-8-15(12)18(23)21-16/h2-10H,11H2,1H3,(H,20,22)(H,21,23). The van der Waals surface area contributed by atoms with Gasteiger partial charge < -0.3 is 15.0 Å². The molecule has 1 heterocycles. The first kappa shape index (κ1) is 19.3. The van der Waals surface area contributed by atoms with E-state index in [1.54, 1.807) is 24.3 Å². The summed E-state index contributed by atoms with van der Waals surface area (Å²) >= 11 is 0. The molecule has 0 aliphatic heterocycles. The average Bonchev–Trinajstić information content (AvgIpc) is 2.65. The summed E-state index contributed by atoms with van der Waals surface area (Å²) in [5, 5.41) is 3.45. The Morgan fingerprint density at radius 1 is 1.07 bits per heavy atom. The Morgan fingerprint density at radius 3 is 2.57 bits per heavy atom. The number of fused-ring (bicyclic) bond motifs is 1. The molecule has 8 nitrogen and oxygen atoms in total. The van der Waals surface area contributed by atoms with Gasteiger partial charge in [0.1, 0.15) is 5.69 Å². The van der Waals surface area contributed by atoms with E-state index in [-0.39, 0.29) is 16.3 Å². The maximum absolute atomic E-state index is 12.1. The van der Waals surface area contributed by atoms with Crippen molar-refractivity contribution < 1.29 is 22.7 Å². The number of sulfone groups is 1. The molecule has 0 atom stereocenters. The lowest BCUT2D eigenvalue weighted by Crippen LogP contribution is -2.22. The fourth-order valence-corrected chi connectivity index (χ4v) is 3.20. The van der Waals surface area contributed by atoms with Crippen molar-refractivity contribution in [3.63, 3.8) is 0 Å². The number of benzene rings is 2. The Hall–Kier alpha value is -3.46. The summed E-state index contributed by atoms with van der Waals surface area (Å²) in [4.78, 5) is 38.6. The van der Waals surface area contributed by atoms with Crippen molar-refractivity contribution >= 4 is 38.2 Å². The highest BCUT2D eigenvalue weighted by atomic mass is 32.2. The molecule has 2 N–H and O–H groups in total. The minimum atomic E-state index is -3.42. The van der Waals surface area contributed by atoms with Crippen LogP contribution in [0.4, 0.5) is 5.69 Å². The highest BCUT2D eigenvalue weighted by Crippen LogP contribution is 2.15. The van der Waals surface area contributed by atoms with Gasteiger partial charge in [-0.05, 0) is 35.7 Å². The number of aromatic nitrogens is 1. The number of anilines is 1. The van der Waals surface area contributed by atoms with Crippen molar-refractivity contribution in [1.29, 1.82) is 0 Å². The molecule has 0 spiro atoms. The second-order valence-electron chi connectivity index (χ2n) is 6.02. The molecule has 0 aliphatic carbocycles. The van der Waals surface area contributed by atoms with Gasteiger partial charge in [0, 0.05) is 17.3 Å². The summed E-state index contributed by atoms with van der Waals surface area (Å²) in [5.74, 6) is -1.51. The van der Waals surface area contributed by atoms with Gasteiger partial charge in [-0.2, -0.15) is 0 Å². The van der Waals surface area contributed by atoms with Crippen LogP contribution in [0, 0.1) is 0 Å². The summed E-state index contributed by atoms with van der Waals surface area (Å²) in [6.07, 6.45) is 1.06. The minimum absolute atomic E-state index is 0.0519. The molecule has 0 saturated heterocycles. The second kappa shape index (κ2) is 7.65. The summed E-state index contributed by atoms with van der Waals surface area (Å²) in [6, 6.07) is 13.9. The van der Waals surface area contributed by atoms with E-state index in [0.717, 1.165) is 6.26 Å². The number of hydrogen-bond donors (Lipinski definition) is 2. The fourth-order valence-electron chi connectivity index (χ4n) is 2.53. The first-order valence-electron chi connectivity index (χ1n) is 8.13. The number of carbonyl (C=O) groups is 2. The molecule has 28 heavy (non-hydrogen) atoms.